The number of aliphatic hydroxyl groups excluding tert-OH is 1. The lowest BCUT2D eigenvalue weighted by molar-refractivity contribution is 0.297. The van der Waals surface area contributed by atoms with Gasteiger partial charge in [-0.15, -0.1) is 0 Å². The van der Waals surface area contributed by atoms with Crippen molar-refractivity contribution in [1.82, 2.24) is 0 Å². The predicted molar refractivity (Wildman–Crippen MR) is 47.4 cm³/mol. The molecule has 0 heterocycles. The van der Waals surface area contributed by atoms with Crippen molar-refractivity contribution in [2.75, 3.05) is 6.61 Å². The van der Waals surface area contributed by atoms with E-state index in [1.165, 1.54) is 5.57 Å². The molecule has 0 amide bonds. The number of hydrogen-bond donors (Lipinski definition) is 1. The number of hydrogen-bond acceptors (Lipinski definition) is 1. The van der Waals surface area contributed by atoms with Crippen molar-refractivity contribution >= 4 is 0 Å². The van der Waals surface area contributed by atoms with Crippen molar-refractivity contribution in [1.29, 1.82) is 0 Å². The summed E-state index contributed by atoms with van der Waals surface area (Å²) in [5, 5.41) is 8.72. The smallest absolute Gasteiger partial charge is 0.0468 e. The Balaban J connectivity index is 2.37. The van der Waals surface area contributed by atoms with Crippen molar-refractivity contribution < 1.29 is 5.11 Å². The lowest BCUT2D eigenvalue weighted by atomic mass is 10.0. The van der Waals surface area contributed by atoms with Gasteiger partial charge in [0.2, 0.25) is 0 Å². The van der Waals surface area contributed by atoms with E-state index in [-0.39, 0.29) is 0 Å². The van der Waals surface area contributed by atoms with Crippen molar-refractivity contribution in [3.63, 3.8) is 0 Å². The van der Waals surface area contributed by atoms with Crippen LogP contribution in [0.4, 0.5) is 0 Å². The first-order chi connectivity index (χ1) is 5.43. The first kappa shape index (κ1) is 8.54. The van der Waals surface area contributed by atoms with E-state index in [0.717, 1.165) is 32.1 Å². The van der Waals surface area contributed by atoms with Gasteiger partial charge < -0.3 is 5.11 Å². The molecule has 1 N–H and O–H groups in total. The largest absolute Gasteiger partial charge is 0.396 e. The molecule has 1 heteroatoms. The summed E-state index contributed by atoms with van der Waals surface area (Å²) < 4.78 is 0. The van der Waals surface area contributed by atoms with Crippen LogP contribution in [0.15, 0.2) is 23.8 Å². The fourth-order valence-corrected chi connectivity index (χ4v) is 1.36. The summed E-state index contributed by atoms with van der Waals surface area (Å²) in [5.41, 5.74) is 1.43. The molecular formula is C10H16O. The zero-order valence-electron chi connectivity index (χ0n) is 6.92. The maximum absolute atomic E-state index is 8.72. The van der Waals surface area contributed by atoms with Gasteiger partial charge in [-0.25, -0.2) is 0 Å². The molecule has 1 aliphatic carbocycles. The van der Waals surface area contributed by atoms with Gasteiger partial charge in [0.1, 0.15) is 0 Å². The van der Waals surface area contributed by atoms with Gasteiger partial charge in [0.25, 0.3) is 0 Å². The molecule has 11 heavy (non-hydrogen) atoms. The molecule has 0 atom stereocenters. The molecule has 0 radical (unpaired) electrons. The molecule has 0 aliphatic heterocycles. The molecule has 1 rings (SSSR count). The Bertz CT molecular complexity index is 156. The highest BCUT2D eigenvalue weighted by Gasteiger charge is 1.96. The second-order valence-electron chi connectivity index (χ2n) is 2.92. The van der Waals surface area contributed by atoms with Gasteiger partial charge >= 0.3 is 0 Å². The Labute approximate surface area is 68.4 Å². The Hall–Kier alpha value is -0.560. The van der Waals surface area contributed by atoms with Crippen LogP contribution in [0.3, 0.4) is 0 Å². The van der Waals surface area contributed by atoms with Crippen LogP contribution in [0.5, 0.6) is 0 Å². The third kappa shape index (κ3) is 3.38. The molecule has 0 bridgehead atoms. The number of rotatable bonds is 2. The fourth-order valence-electron chi connectivity index (χ4n) is 1.36. The van der Waals surface area contributed by atoms with Crippen LogP contribution >= 0.6 is 0 Å². The third-order valence-corrected chi connectivity index (χ3v) is 2.00. The summed E-state index contributed by atoms with van der Waals surface area (Å²) in [6.07, 6.45) is 12.2. The van der Waals surface area contributed by atoms with Gasteiger partial charge in [0.15, 0.2) is 0 Å². The van der Waals surface area contributed by atoms with Gasteiger partial charge in [-0.05, 0) is 32.1 Å². The first-order valence-corrected chi connectivity index (χ1v) is 4.37. The maximum Gasteiger partial charge on any atom is 0.0468 e. The maximum atomic E-state index is 8.72. The van der Waals surface area contributed by atoms with E-state index in [1.54, 1.807) is 0 Å². The van der Waals surface area contributed by atoms with E-state index >= 15 is 0 Å². The zero-order chi connectivity index (χ0) is 7.94. The lowest BCUT2D eigenvalue weighted by Crippen LogP contribution is -1.90. The van der Waals surface area contributed by atoms with Crippen molar-refractivity contribution in [3.8, 4) is 0 Å². The zero-order valence-corrected chi connectivity index (χ0v) is 6.92. The second kappa shape index (κ2) is 5.14. The van der Waals surface area contributed by atoms with E-state index in [0.29, 0.717) is 6.61 Å². The highest BCUT2D eigenvalue weighted by atomic mass is 16.2. The van der Waals surface area contributed by atoms with Gasteiger partial charge in [0.05, 0.1) is 0 Å². The van der Waals surface area contributed by atoms with Crippen LogP contribution in [0.1, 0.15) is 32.1 Å². The normalized spacial score (nSPS) is 26.5. The van der Waals surface area contributed by atoms with Gasteiger partial charge in [-0.3, -0.25) is 0 Å². The molecule has 0 saturated heterocycles. The fraction of sp³-hybridized carbons (Fsp3) is 0.600. The van der Waals surface area contributed by atoms with Gasteiger partial charge in [-0.1, -0.05) is 23.8 Å². The average Bonchev–Trinajstić information content (AvgIpc) is 1.94. The molecule has 62 valence electrons. The SMILES string of the molecule is OCC/C1=C/CC/C=C\CC1. The Morgan fingerprint density at radius 3 is 2.82 bits per heavy atom. The van der Waals surface area contributed by atoms with Gasteiger partial charge in [0, 0.05) is 6.61 Å². The van der Waals surface area contributed by atoms with Crippen LogP contribution in [0, 0.1) is 0 Å². The van der Waals surface area contributed by atoms with E-state index in [9.17, 15) is 0 Å². The molecule has 0 spiro atoms. The molecule has 0 unspecified atom stereocenters. The highest BCUT2D eigenvalue weighted by molar-refractivity contribution is 5.06. The minimum absolute atomic E-state index is 0.301. The summed E-state index contributed by atoms with van der Waals surface area (Å²) in [6.45, 7) is 0.301. The van der Waals surface area contributed by atoms with E-state index in [2.05, 4.69) is 18.2 Å². The lowest BCUT2D eigenvalue weighted by Gasteiger charge is -2.05. The average molecular weight is 152 g/mol. The van der Waals surface area contributed by atoms with E-state index < -0.39 is 0 Å². The first-order valence-electron chi connectivity index (χ1n) is 4.37. The standard InChI is InChI=1S/C10H16O/c11-9-8-10-6-4-2-1-3-5-7-10/h1-2,7,11H,3-6,8-9H2/b2-1-,10-7+. The summed E-state index contributed by atoms with van der Waals surface area (Å²) >= 11 is 0. The van der Waals surface area contributed by atoms with Crippen LogP contribution in [-0.4, -0.2) is 11.7 Å². The quantitative estimate of drug-likeness (QED) is 0.602. The minimum Gasteiger partial charge on any atom is -0.396 e. The molecule has 0 aromatic carbocycles. The Kier molecular flexibility index (Phi) is 3.99. The third-order valence-electron chi connectivity index (χ3n) is 2.00. The summed E-state index contributed by atoms with van der Waals surface area (Å²) in [7, 11) is 0. The summed E-state index contributed by atoms with van der Waals surface area (Å²) in [5.74, 6) is 0. The monoisotopic (exact) mass is 152 g/mol. The van der Waals surface area contributed by atoms with E-state index in [1.807, 2.05) is 0 Å². The molecule has 0 aromatic rings. The Morgan fingerprint density at radius 2 is 2.00 bits per heavy atom. The van der Waals surface area contributed by atoms with E-state index in [4.69, 9.17) is 5.11 Å². The highest BCUT2D eigenvalue weighted by Crippen LogP contribution is 2.14. The summed E-state index contributed by atoms with van der Waals surface area (Å²) in [6, 6.07) is 0. The summed E-state index contributed by atoms with van der Waals surface area (Å²) in [4.78, 5) is 0. The molecular weight excluding hydrogens is 136 g/mol. The van der Waals surface area contributed by atoms with Crippen LogP contribution < -0.4 is 0 Å². The second-order valence-corrected chi connectivity index (χ2v) is 2.92. The molecule has 0 fully saturated rings. The number of aliphatic hydroxyl groups is 1. The minimum atomic E-state index is 0.301. The molecule has 1 nitrogen and oxygen atoms in total. The van der Waals surface area contributed by atoms with Crippen molar-refractivity contribution in [3.05, 3.63) is 23.8 Å². The molecule has 0 saturated carbocycles. The van der Waals surface area contributed by atoms with Crippen LogP contribution in [-0.2, 0) is 0 Å². The van der Waals surface area contributed by atoms with Crippen LogP contribution in [0.2, 0.25) is 0 Å². The Morgan fingerprint density at radius 1 is 1.18 bits per heavy atom. The van der Waals surface area contributed by atoms with Crippen LogP contribution in [0.25, 0.3) is 0 Å². The predicted octanol–water partition coefficient (Wildman–Crippen LogP) is 2.43. The molecule has 1 aliphatic rings. The molecule has 0 aromatic heterocycles. The topological polar surface area (TPSA) is 20.2 Å². The van der Waals surface area contributed by atoms with Crippen molar-refractivity contribution in [2.24, 2.45) is 0 Å². The van der Waals surface area contributed by atoms with Crippen molar-refractivity contribution in [2.45, 2.75) is 32.1 Å². The van der Waals surface area contributed by atoms with Gasteiger partial charge in [-0.2, -0.15) is 0 Å². The number of allylic oxidation sites excluding steroid dienone is 3.